The van der Waals surface area contributed by atoms with E-state index in [1.54, 1.807) is 24.3 Å². The van der Waals surface area contributed by atoms with Crippen LogP contribution >= 0.6 is 0 Å². The van der Waals surface area contributed by atoms with Gasteiger partial charge in [0.05, 0.1) is 18.2 Å². The van der Waals surface area contributed by atoms with Crippen LogP contribution in [-0.2, 0) is 4.74 Å². The monoisotopic (exact) mass is 370 g/mol. The Bertz CT molecular complexity index is 1240. The average molecular weight is 370 g/mol. The molecule has 0 aliphatic rings. The maximum absolute atomic E-state index is 13.0. The number of fused-ring (bicyclic) bond motifs is 1. The van der Waals surface area contributed by atoms with Crippen LogP contribution in [0.3, 0.4) is 0 Å². The quantitative estimate of drug-likeness (QED) is 0.366. The summed E-state index contributed by atoms with van der Waals surface area (Å²) in [6.07, 6.45) is 0. The average Bonchev–Trinajstić information content (AvgIpc) is 2.72. The molecule has 4 rings (SSSR count). The molecule has 0 unspecified atom stereocenters. The standard InChI is InChI=1S/C24H18O4/c1-15-11-12-19-20(13-15)28-24(26)22(21(19)16-7-4-3-5-8-16)17-9-6-10-18(14-17)23(25)27-2/h3-14H,1-2H3. The molecule has 0 radical (unpaired) electrons. The molecule has 0 fully saturated rings. The maximum atomic E-state index is 13.0. The first-order valence-corrected chi connectivity index (χ1v) is 8.90. The van der Waals surface area contributed by atoms with Gasteiger partial charge < -0.3 is 9.15 Å². The molecular weight excluding hydrogens is 352 g/mol. The summed E-state index contributed by atoms with van der Waals surface area (Å²) in [5.41, 5.74) is 4.20. The van der Waals surface area contributed by atoms with Crippen LogP contribution in [0.2, 0.25) is 0 Å². The Balaban J connectivity index is 2.09. The number of carbonyl (C=O) groups excluding carboxylic acids is 1. The van der Waals surface area contributed by atoms with Crippen LogP contribution in [0.4, 0.5) is 0 Å². The Morgan fingerprint density at radius 3 is 2.36 bits per heavy atom. The van der Waals surface area contributed by atoms with Crippen LogP contribution in [0.5, 0.6) is 0 Å². The molecule has 3 aromatic carbocycles. The van der Waals surface area contributed by atoms with Crippen LogP contribution in [0.25, 0.3) is 33.2 Å². The molecule has 0 aliphatic heterocycles. The Morgan fingerprint density at radius 2 is 1.61 bits per heavy atom. The summed E-state index contributed by atoms with van der Waals surface area (Å²) < 4.78 is 10.5. The molecule has 4 heteroatoms. The van der Waals surface area contributed by atoms with Gasteiger partial charge in [0, 0.05) is 10.9 Å². The van der Waals surface area contributed by atoms with Crippen molar-refractivity contribution in [2.75, 3.05) is 7.11 Å². The van der Waals surface area contributed by atoms with E-state index in [1.807, 2.05) is 55.5 Å². The first-order chi connectivity index (χ1) is 13.6. The number of hydrogen-bond donors (Lipinski definition) is 0. The molecule has 1 heterocycles. The molecule has 0 spiro atoms. The molecule has 138 valence electrons. The number of methoxy groups -OCH3 is 1. The second kappa shape index (κ2) is 7.16. The third-order valence-electron chi connectivity index (χ3n) is 4.70. The van der Waals surface area contributed by atoms with Crippen LogP contribution in [0.1, 0.15) is 15.9 Å². The van der Waals surface area contributed by atoms with Crippen molar-refractivity contribution in [1.29, 1.82) is 0 Å². The summed E-state index contributed by atoms with van der Waals surface area (Å²) in [5, 5.41) is 0.842. The largest absolute Gasteiger partial charge is 0.465 e. The summed E-state index contributed by atoms with van der Waals surface area (Å²) in [6.45, 7) is 1.95. The van der Waals surface area contributed by atoms with Crippen molar-refractivity contribution in [3.05, 3.63) is 94.3 Å². The van der Waals surface area contributed by atoms with Crippen molar-refractivity contribution >= 4 is 16.9 Å². The highest BCUT2D eigenvalue weighted by Gasteiger charge is 2.19. The Kier molecular flexibility index (Phi) is 4.53. The molecular formula is C24H18O4. The van der Waals surface area contributed by atoms with Gasteiger partial charge in [-0.05, 0) is 41.8 Å². The van der Waals surface area contributed by atoms with E-state index < -0.39 is 11.6 Å². The van der Waals surface area contributed by atoms with Crippen molar-refractivity contribution in [3.63, 3.8) is 0 Å². The zero-order valence-corrected chi connectivity index (χ0v) is 15.6. The first kappa shape index (κ1) is 17.7. The highest BCUT2D eigenvalue weighted by atomic mass is 16.5. The minimum atomic E-state index is -0.455. The van der Waals surface area contributed by atoms with E-state index in [9.17, 15) is 9.59 Å². The molecule has 0 bridgehead atoms. The van der Waals surface area contributed by atoms with Gasteiger partial charge in [-0.2, -0.15) is 0 Å². The number of carbonyl (C=O) groups is 1. The molecule has 0 aliphatic carbocycles. The topological polar surface area (TPSA) is 56.5 Å². The lowest BCUT2D eigenvalue weighted by atomic mass is 9.92. The van der Waals surface area contributed by atoms with Crippen LogP contribution in [0.15, 0.2) is 82.0 Å². The van der Waals surface area contributed by atoms with E-state index in [-0.39, 0.29) is 0 Å². The second-order valence-electron chi connectivity index (χ2n) is 6.58. The molecule has 0 N–H and O–H groups in total. The number of benzene rings is 3. The highest BCUT2D eigenvalue weighted by Crippen LogP contribution is 2.36. The normalized spacial score (nSPS) is 10.8. The molecule has 28 heavy (non-hydrogen) atoms. The van der Waals surface area contributed by atoms with Gasteiger partial charge in [0.15, 0.2) is 0 Å². The van der Waals surface area contributed by atoms with Gasteiger partial charge in [0.25, 0.3) is 0 Å². The van der Waals surface area contributed by atoms with Crippen molar-refractivity contribution in [2.24, 2.45) is 0 Å². The van der Waals surface area contributed by atoms with Gasteiger partial charge in [-0.15, -0.1) is 0 Å². The second-order valence-corrected chi connectivity index (χ2v) is 6.58. The summed E-state index contributed by atoms with van der Waals surface area (Å²) in [6, 6.07) is 22.4. The smallest absolute Gasteiger partial charge is 0.344 e. The van der Waals surface area contributed by atoms with E-state index in [0.29, 0.717) is 22.3 Å². The number of ether oxygens (including phenoxy) is 1. The van der Waals surface area contributed by atoms with Crippen molar-refractivity contribution in [3.8, 4) is 22.3 Å². The lowest BCUT2D eigenvalue weighted by Crippen LogP contribution is -2.07. The lowest BCUT2D eigenvalue weighted by Gasteiger charge is -2.13. The van der Waals surface area contributed by atoms with Gasteiger partial charge >= 0.3 is 11.6 Å². The van der Waals surface area contributed by atoms with Gasteiger partial charge in [0.2, 0.25) is 0 Å². The SMILES string of the molecule is COC(=O)c1cccc(-c2c(-c3ccccc3)c3ccc(C)cc3oc2=O)c1. The molecule has 0 saturated heterocycles. The molecule has 4 aromatic rings. The first-order valence-electron chi connectivity index (χ1n) is 8.90. The number of hydrogen-bond acceptors (Lipinski definition) is 4. The van der Waals surface area contributed by atoms with Crippen molar-refractivity contribution in [2.45, 2.75) is 6.92 Å². The highest BCUT2D eigenvalue weighted by molar-refractivity contribution is 6.02. The third kappa shape index (κ3) is 3.09. The van der Waals surface area contributed by atoms with Crippen LogP contribution in [-0.4, -0.2) is 13.1 Å². The van der Waals surface area contributed by atoms with Gasteiger partial charge in [0.1, 0.15) is 5.58 Å². The molecule has 0 amide bonds. The number of rotatable bonds is 3. The zero-order chi connectivity index (χ0) is 19.7. The van der Waals surface area contributed by atoms with E-state index in [2.05, 4.69) is 0 Å². The van der Waals surface area contributed by atoms with Gasteiger partial charge in [-0.25, -0.2) is 9.59 Å². The van der Waals surface area contributed by atoms with Gasteiger partial charge in [-0.3, -0.25) is 0 Å². The summed E-state index contributed by atoms with van der Waals surface area (Å²) >= 11 is 0. The summed E-state index contributed by atoms with van der Waals surface area (Å²) in [4.78, 5) is 25.0. The van der Waals surface area contributed by atoms with Crippen LogP contribution < -0.4 is 5.63 Å². The Labute approximate surface area is 162 Å². The van der Waals surface area contributed by atoms with E-state index in [1.165, 1.54) is 7.11 Å². The minimum absolute atomic E-state index is 0.377. The van der Waals surface area contributed by atoms with E-state index in [0.717, 1.165) is 22.1 Å². The van der Waals surface area contributed by atoms with Crippen LogP contribution in [0, 0.1) is 6.92 Å². The number of aryl methyl sites for hydroxylation is 1. The fraction of sp³-hybridized carbons (Fsp3) is 0.0833. The predicted molar refractivity (Wildman–Crippen MR) is 109 cm³/mol. The lowest BCUT2D eigenvalue weighted by molar-refractivity contribution is 0.0601. The fourth-order valence-corrected chi connectivity index (χ4v) is 3.39. The fourth-order valence-electron chi connectivity index (χ4n) is 3.39. The van der Waals surface area contributed by atoms with E-state index >= 15 is 0 Å². The minimum Gasteiger partial charge on any atom is -0.465 e. The molecule has 0 saturated carbocycles. The molecule has 1 aromatic heterocycles. The Morgan fingerprint density at radius 1 is 0.857 bits per heavy atom. The van der Waals surface area contributed by atoms with Gasteiger partial charge in [-0.1, -0.05) is 54.6 Å². The summed E-state index contributed by atoms with van der Waals surface area (Å²) in [5.74, 6) is -0.455. The zero-order valence-electron chi connectivity index (χ0n) is 15.6. The third-order valence-corrected chi connectivity index (χ3v) is 4.70. The summed E-state index contributed by atoms with van der Waals surface area (Å²) in [7, 11) is 1.33. The molecule has 4 nitrogen and oxygen atoms in total. The maximum Gasteiger partial charge on any atom is 0.344 e. The van der Waals surface area contributed by atoms with Crippen molar-refractivity contribution in [1.82, 2.24) is 0 Å². The Hall–Kier alpha value is -3.66. The van der Waals surface area contributed by atoms with Crippen molar-refractivity contribution < 1.29 is 13.9 Å². The predicted octanol–water partition coefficient (Wildman–Crippen LogP) is 5.22. The number of esters is 1. The van der Waals surface area contributed by atoms with E-state index in [4.69, 9.17) is 9.15 Å². The molecule has 0 atom stereocenters.